The topological polar surface area (TPSA) is 61.4 Å². The lowest BCUT2D eigenvalue weighted by atomic mass is 9.69. The van der Waals surface area contributed by atoms with Crippen LogP contribution in [0.5, 0.6) is 0 Å². The van der Waals surface area contributed by atoms with E-state index in [9.17, 15) is 9.59 Å². The molecule has 2 atom stereocenters. The van der Waals surface area contributed by atoms with E-state index in [1.807, 2.05) is 4.90 Å². The van der Waals surface area contributed by atoms with E-state index in [0.717, 1.165) is 25.9 Å². The first-order valence-electron chi connectivity index (χ1n) is 9.66. The highest BCUT2D eigenvalue weighted by molar-refractivity contribution is 5.78. The third-order valence-electron chi connectivity index (χ3n) is 5.50. The molecule has 2 amide bonds. The van der Waals surface area contributed by atoms with Crippen LogP contribution in [0.3, 0.4) is 0 Å². The fraction of sp³-hybridized carbons (Fsp3) is 0.895. The molecule has 1 heterocycles. The molecule has 2 fully saturated rings. The van der Waals surface area contributed by atoms with Gasteiger partial charge in [0.1, 0.15) is 0 Å². The van der Waals surface area contributed by atoms with E-state index < -0.39 is 0 Å². The van der Waals surface area contributed by atoms with Crippen molar-refractivity contribution < 1.29 is 9.59 Å². The zero-order valence-corrected chi connectivity index (χ0v) is 15.7. The summed E-state index contributed by atoms with van der Waals surface area (Å²) in [6.45, 7) is 9.61. The van der Waals surface area contributed by atoms with Crippen LogP contribution in [0.15, 0.2) is 0 Å². The predicted octanol–water partition coefficient (Wildman–Crippen LogP) is 2.31. The van der Waals surface area contributed by atoms with E-state index in [4.69, 9.17) is 0 Å². The molecular formula is C19H35N3O2. The zero-order valence-electron chi connectivity index (χ0n) is 15.7. The second kappa shape index (κ2) is 8.84. The minimum Gasteiger partial charge on any atom is -0.355 e. The summed E-state index contributed by atoms with van der Waals surface area (Å²) in [5.41, 5.74) is 0.289. The van der Waals surface area contributed by atoms with Crippen molar-refractivity contribution in [2.75, 3.05) is 26.2 Å². The van der Waals surface area contributed by atoms with Crippen LogP contribution in [-0.2, 0) is 9.59 Å². The van der Waals surface area contributed by atoms with Crippen LogP contribution in [0.2, 0.25) is 0 Å². The Labute approximate surface area is 146 Å². The van der Waals surface area contributed by atoms with E-state index in [1.165, 1.54) is 25.7 Å². The van der Waals surface area contributed by atoms with Crippen LogP contribution in [0, 0.1) is 11.3 Å². The van der Waals surface area contributed by atoms with Gasteiger partial charge in [-0.15, -0.1) is 0 Å². The lowest BCUT2D eigenvalue weighted by Gasteiger charge is -2.40. The van der Waals surface area contributed by atoms with Crippen molar-refractivity contribution in [3.8, 4) is 0 Å². The third kappa shape index (κ3) is 5.76. The molecule has 0 bridgehead atoms. The largest absolute Gasteiger partial charge is 0.355 e. The van der Waals surface area contributed by atoms with Crippen molar-refractivity contribution in [3.05, 3.63) is 0 Å². The first-order chi connectivity index (χ1) is 11.4. The van der Waals surface area contributed by atoms with E-state index in [1.54, 1.807) is 0 Å². The van der Waals surface area contributed by atoms with Gasteiger partial charge in [-0.25, -0.2) is 0 Å². The number of hydrogen-bond donors (Lipinski definition) is 2. The maximum atomic E-state index is 12.0. The molecule has 1 saturated heterocycles. The van der Waals surface area contributed by atoms with Crippen molar-refractivity contribution in [3.63, 3.8) is 0 Å². The fourth-order valence-corrected chi connectivity index (χ4v) is 4.14. The normalized spacial score (nSPS) is 25.1. The molecule has 1 aliphatic carbocycles. The molecule has 1 saturated carbocycles. The first-order valence-corrected chi connectivity index (χ1v) is 9.66. The molecule has 0 spiro atoms. The van der Waals surface area contributed by atoms with Gasteiger partial charge >= 0.3 is 0 Å². The van der Waals surface area contributed by atoms with Crippen molar-refractivity contribution >= 4 is 11.8 Å². The Bertz CT molecular complexity index is 431. The summed E-state index contributed by atoms with van der Waals surface area (Å²) in [6.07, 6.45) is 7.50. The van der Waals surface area contributed by atoms with E-state index in [2.05, 4.69) is 31.4 Å². The van der Waals surface area contributed by atoms with Crippen molar-refractivity contribution in [1.82, 2.24) is 15.5 Å². The standard InChI is InChI=1S/C19H35N3O2/c1-19(2,3)15-8-4-5-9-16(15)21-14-17(23)20-11-7-13-22-12-6-10-18(22)24/h15-16,21H,4-14H2,1-3H3,(H,20,23). The summed E-state index contributed by atoms with van der Waals surface area (Å²) < 4.78 is 0. The second-order valence-corrected chi connectivity index (χ2v) is 8.43. The quantitative estimate of drug-likeness (QED) is 0.701. The van der Waals surface area contributed by atoms with E-state index in [0.29, 0.717) is 31.5 Å². The number of carbonyl (C=O) groups excluding carboxylic acids is 2. The minimum absolute atomic E-state index is 0.0704. The van der Waals surface area contributed by atoms with Crippen LogP contribution >= 0.6 is 0 Å². The SMILES string of the molecule is CC(C)(C)C1CCCCC1NCC(=O)NCCCN1CCCC1=O. The summed E-state index contributed by atoms with van der Waals surface area (Å²) in [7, 11) is 0. The molecular weight excluding hydrogens is 302 g/mol. The first kappa shape index (κ1) is 19.2. The number of nitrogens with zero attached hydrogens (tertiary/aromatic N) is 1. The highest BCUT2D eigenvalue weighted by atomic mass is 16.2. The van der Waals surface area contributed by atoms with Gasteiger partial charge in [0.2, 0.25) is 11.8 Å². The molecule has 2 rings (SSSR count). The van der Waals surface area contributed by atoms with Crippen LogP contribution < -0.4 is 10.6 Å². The molecule has 24 heavy (non-hydrogen) atoms. The number of nitrogens with one attached hydrogen (secondary N) is 2. The van der Waals surface area contributed by atoms with Gasteiger partial charge in [0, 0.05) is 32.1 Å². The molecule has 2 aliphatic rings. The average Bonchev–Trinajstić information content (AvgIpc) is 2.94. The van der Waals surface area contributed by atoms with Gasteiger partial charge in [-0.1, -0.05) is 33.6 Å². The summed E-state index contributed by atoms with van der Waals surface area (Å²) in [5, 5.41) is 6.47. The Morgan fingerprint density at radius 1 is 1.21 bits per heavy atom. The summed E-state index contributed by atoms with van der Waals surface area (Å²) in [6, 6.07) is 0.451. The highest BCUT2D eigenvalue weighted by Crippen LogP contribution is 2.37. The molecule has 138 valence electrons. The highest BCUT2D eigenvalue weighted by Gasteiger charge is 2.33. The molecule has 1 aliphatic heterocycles. The Morgan fingerprint density at radius 3 is 2.62 bits per heavy atom. The van der Waals surface area contributed by atoms with Gasteiger partial charge in [0.15, 0.2) is 0 Å². The van der Waals surface area contributed by atoms with Crippen molar-refractivity contribution in [1.29, 1.82) is 0 Å². The second-order valence-electron chi connectivity index (χ2n) is 8.43. The minimum atomic E-state index is 0.0704. The van der Waals surface area contributed by atoms with Crippen LogP contribution in [0.25, 0.3) is 0 Å². The Morgan fingerprint density at radius 2 is 1.96 bits per heavy atom. The molecule has 5 heteroatoms. The molecule has 0 aromatic carbocycles. The van der Waals surface area contributed by atoms with Crippen LogP contribution in [0.4, 0.5) is 0 Å². The molecule has 2 N–H and O–H groups in total. The average molecular weight is 338 g/mol. The monoisotopic (exact) mass is 337 g/mol. The fourth-order valence-electron chi connectivity index (χ4n) is 4.14. The molecule has 0 aromatic rings. The Hall–Kier alpha value is -1.10. The van der Waals surface area contributed by atoms with Gasteiger partial charge in [-0.05, 0) is 37.0 Å². The van der Waals surface area contributed by atoms with Gasteiger partial charge < -0.3 is 15.5 Å². The molecule has 2 unspecified atom stereocenters. The Balaban J connectivity index is 1.62. The maximum Gasteiger partial charge on any atom is 0.233 e. The van der Waals surface area contributed by atoms with Crippen LogP contribution in [0.1, 0.15) is 65.7 Å². The third-order valence-corrected chi connectivity index (χ3v) is 5.50. The summed E-state index contributed by atoms with van der Waals surface area (Å²) in [4.78, 5) is 25.5. The zero-order chi connectivity index (χ0) is 17.6. The molecule has 0 aromatic heterocycles. The van der Waals surface area contributed by atoms with Gasteiger partial charge in [0.25, 0.3) is 0 Å². The van der Waals surface area contributed by atoms with Crippen molar-refractivity contribution in [2.24, 2.45) is 11.3 Å². The number of rotatable bonds is 7. The van der Waals surface area contributed by atoms with Gasteiger partial charge in [0.05, 0.1) is 6.54 Å². The molecule has 0 radical (unpaired) electrons. The predicted molar refractivity (Wildman–Crippen MR) is 96.6 cm³/mol. The number of amides is 2. The summed E-state index contributed by atoms with van der Waals surface area (Å²) >= 11 is 0. The number of hydrogen-bond acceptors (Lipinski definition) is 3. The maximum absolute atomic E-state index is 12.0. The lowest BCUT2D eigenvalue weighted by molar-refractivity contribution is -0.127. The van der Waals surface area contributed by atoms with Gasteiger partial charge in [-0.2, -0.15) is 0 Å². The van der Waals surface area contributed by atoms with E-state index in [-0.39, 0.29) is 17.2 Å². The number of carbonyl (C=O) groups is 2. The van der Waals surface area contributed by atoms with Crippen molar-refractivity contribution in [2.45, 2.75) is 71.8 Å². The van der Waals surface area contributed by atoms with E-state index >= 15 is 0 Å². The van der Waals surface area contributed by atoms with Gasteiger partial charge in [-0.3, -0.25) is 9.59 Å². The Kier molecular flexibility index (Phi) is 7.08. The number of likely N-dealkylation sites (tertiary alicyclic amines) is 1. The smallest absolute Gasteiger partial charge is 0.233 e. The molecule has 5 nitrogen and oxygen atoms in total. The summed E-state index contributed by atoms with van der Waals surface area (Å²) in [5.74, 6) is 0.967. The van der Waals surface area contributed by atoms with Crippen LogP contribution in [-0.4, -0.2) is 48.9 Å². The lowest BCUT2D eigenvalue weighted by Crippen LogP contribution is -2.47.